The van der Waals surface area contributed by atoms with E-state index in [1.165, 1.54) is 37.9 Å². The minimum atomic E-state index is 0.823. The average molecular weight is 267 g/mol. The highest BCUT2D eigenvalue weighted by atomic mass is 35.5. The highest BCUT2D eigenvalue weighted by Crippen LogP contribution is 2.21. The molecule has 100 valence electrons. The average Bonchev–Trinajstić information content (AvgIpc) is 2.40. The lowest BCUT2D eigenvalue weighted by molar-refractivity contribution is 0.162. The van der Waals surface area contributed by atoms with Gasteiger partial charge < -0.3 is 5.32 Å². The van der Waals surface area contributed by atoms with Crippen LogP contribution in [0.4, 0.5) is 0 Å². The molecule has 1 aliphatic heterocycles. The normalized spacial score (nSPS) is 21.1. The predicted octanol–water partition coefficient (Wildman–Crippen LogP) is 3.16. The SMILES string of the molecule is CNCCC1CCCN(Cc2ccc(Cl)cc2)C1. The van der Waals surface area contributed by atoms with E-state index >= 15 is 0 Å². The quantitative estimate of drug-likeness (QED) is 0.881. The van der Waals surface area contributed by atoms with E-state index in [1.54, 1.807) is 0 Å². The third-order valence-corrected chi connectivity index (χ3v) is 3.98. The molecule has 0 bridgehead atoms. The maximum atomic E-state index is 5.91. The van der Waals surface area contributed by atoms with Crippen molar-refractivity contribution in [1.82, 2.24) is 10.2 Å². The molecule has 1 heterocycles. The van der Waals surface area contributed by atoms with Gasteiger partial charge in [0, 0.05) is 18.1 Å². The number of nitrogens with one attached hydrogen (secondary N) is 1. The van der Waals surface area contributed by atoms with Crippen LogP contribution in [0.1, 0.15) is 24.8 Å². The van der Waals surface area contributed by atoms with E-state index in [0.29, 0.717) is 0 Å². The lowest BCUT2D eigenvalue weighted by atomic mass is 9.94. The van der Waals surface area contributed by atoms with Gasteiger partial charge in [-0.05, 0) is 63.0 Å². The van der Waals surface area contributed by atoms with Gasteiger partial charge in [-0.1, -0.05) is 23.7 Å². The summed E-state index contributed by atoms with van der Waals surface area (Å²) in [5.41, 5.74) is 1.37. The molecule has 1 atom stereocenters. The number of likely N-dealkylation sites (tertiary alicyclic amines) is 1. The number of hydrogen-bond acceptors (Lipinski definition) is 2. The number of rotatable bonds is 5. The Hall–Kier alpha value is -0.570. The smallest absolute Gasteiger partial charge is 0.0406 e. The summed E-state index contributed by atoms with van der Waals surface area (Å²) in [5, 5.41) is 4.08. The lowest BCUT2D eigenvalue weighted by Gasteiger charge is -2.32. The van der Waals surface area contributed by atoms with Crippen molar-refractivity contribution in [3.63, 3.8) is 0 Å². The molecule has 0 aromatic heterocycles. The van der Waals surface area contributed by atoms with Crippen molar-refractivity contribution in [2.75, 3.05) is 26.7 Å². The summed E-state index contributed by atoms with van der Waals surface area (Å²) < 4.78 is 0. The summed E-state index contributed by atoms with van der Waals surface area (Å²) in [6.45, 7) is 4.68. The maximum absolute atomic E-state index is 5.91. The minimum Gasteiger partial charge on any atom is -0.320 e. The fourth-order valence-electron chi connectivity index (χ4n) is 2.73. The number of halogens is 1. The van der Waals surface area contributed by atoms with E-state index in [0.717, 1.165) is 24.0 Å². The van der Waals surface area contributed by atoms with Crippen molar-refractivity contribution < 1.29 is 0 Å². The predicted molar refractivity (Wildman–Crippen MR) is 78.0 cm³/mol. The number of benzene rings is 1. The first-order chi connectivity index (χ1) is 8.78. The Morgan fingerprint density at radius 3 is 2.83 bits per heavy atom. The van der Waals surface area contributed by atoms with Crippen molar-refractivity contribution in [2.45, 2.75) is 25.8 Å². The molecule has 0 radical (unpaired) electrons. The molecule has 0 amide bonds. The van der Waals surface area contributed by atoms with Gasteiger partial charge in [0.1, 0.15) is 0 Å². The van der Waals surface area contributed by atoms with Crippen LogP contribution >= 0.6 is 11.6 Å². The Kier molecular flexibility index (Phi) is 5.48. The van der Waals surface area contributed by atoms with Crippen LogP contribution in [0.25, 0.3) is 0 Å². The Labute approximate surface area is 115 Å². The van der Waals surface area contributed by atoms with Gasteiger partial charge in [0.2, 0.25) is 0 Å². The zero-order chi connectivity index (χ0) is 12.8. The van der Waals surface area contributed by atoms with E-state index in [-0.39, 0.29) is 0 Å². The summed E-state index contributed by atoms with van der Waals surface area (Å²) in [5.74, 6) is 0.860. The van der Waals surface area contributed by atoms with Crippen molar-refractivity contribution in [1.29, 1.82) is 0 Å². The van der Waals surface area contributed by atoms with Gasteiger partial charge in [-0.3, -0.25) is 4.90 Å². The molecule has 0 spiro atoms. The summed E-state index contributed by atoms with van der Waals surface area (Å²) in [6.07, 6.45) is 4.02. The summed E-state index contributed by atoms with van der Waals surface area (Å²) in [6, 6.07) is 8.25. The fraction of sp³-hybridized carbons (Fsp3) is 0.600. The molecule has 0 aliphatic carbocycles. The van der Waals surface area contributed by atoms with Gasteiger partial charge in [0.25, 0.3) is 0 Å². The molecule has 1 unspecified atom stereocenters. The summed E-state index contributed by atoms with van der Waals surface area (Å²) in [7, 11) is 2.04. The lowest BCUT2D eigenvalue weighted by Crippen LogP contribution is -2.35. The van der Waals surface area contributed by atoms with Crippen LogP contribution in [0.15, 0.2) is 24.3 Å². The maximum Gasteiger partial charge on any atom is 0.0406 e. The van der Waals surface area contributed by atoms with E-state index in [2.05, 4.69) is 22.3 Å². The summed E-state index contributed by atoms with van der Waals surface area (Å²) >= 11 is 5.91. The second kappa shape index (κ2) is 7.13. The van der Waals surface area contributed by atoms with Crippen molar-refractivity contribution in [2.24, 2.45) is 5.92 Å². The summed E-state index contributed by atoms with van der Waals surface area (Å²) in [4.78, 5) is 2.58. The second-order valence-corrected chi connectivity index (χ2v) is 5.70. The molecule has 18 heavy (non-hydrogen) atoms. The van der Waals surface area contributed by atoms with Gasteiger partial charge in [-0.15, -0.1) is 0 Å². The van der Waals surface area contributed by atoms with Gasteiger partial charge in [0.05, 0.1) is 0 Å². The van der Waals surface area contributed by atoms with E-state index in [1.807, 2.05) is 19.2 Å². The van der Waals surface area contributed by atoms with Gasteiger partial charge in [0.15, 0.2) is 0 Å². The van der Waals surface area contributed by atoms with Crippen LogP contribution in [0.3, 0.4) is 0 Å². The van der Waals surface area contributed by atoms with Crippen LogP contribution in [0.2, 0.25) is 5.02 Å². The number of hydrogen-bond donors (Lipinski definition) is 1. The van der Waals surface area contributed by atoms with Crippen LogP contribution in [0.5, 0.6) is 0 Å². The zero-order valence-corrected chi connectivity index (χ0v) is 11.9. The molecule has 1 aromatic rings. The standard InChI is InChI=1S/C15H23ClN2/c1-17-9-8-13-3-2-10-18(11-13)12-14-4-6-15(16)7-5-14/h4-7,13,17H,2-3,8-12H2,1H3. The molecule has 1 N–H and O–H groups in total. The molecule has 1 saturated heterocycles. The first kappa shape index (κ1) is 13.9. The molecule has 2 nitrogen and oxygen atoms in total. The number of piperidine rings is 1. The highest BCUT2D eigenvalue weighted by molar-refractivity contribution is 6.30. The molecular weight excluding hydrogens is 244 g/mol. The van der Waals surface area contributed by atoms with Crippen molar-refractivity contribution in [3.8, 4) is 0 Å². The third kappa shape index (κ3) is 4.27. The monoisotopic (exact) mass is 266 g/mol. The van der Waals surface area contributed by atoms with Crippen LogP contribution < -0.4 is 5.32 Å². The fourth-order valence-corrected chi connectivity index (χ4v) is 2.85. The van der Waals surface area contributed by atoms with Crippen LogP contribution in [0, 0.1) is 5.92 Å². The topological polar surface area (TPSA) is 15.3 Å². The molecule has 3 heteroatoms. The van der Waals surface area contributed by atoms with E-state index in [4.69, 9.17) is 11.6 Å². The Morgan fingerprint density at radius 2 is 2.11 bits per heavy atom. The Morgan fingerprint density at radius 1 is 1.33 bits per heavy atom. The molecule has 0 saturated carbocycles. The van der Waals surface area contributed by atoms with Crippen LogP contribution in [-0.2, 0) is 6.54 Å². The first-order valence-electron chi connectivity index (χ1n) is 6.89. The van der Waals surface area contributed by atoms with Crippen molar-refractivity contribution >= 4 is 11.6 Å². The van der Waals surface area contributed by atoms with E-state index < -0.39 is 0 Å². The third-order valence-electron chi connectivity index (χ3n) is 3.73. The first-order valence-corrected chi connectivity index (χ1v) is 7.27. The van der Waals surface area contributed by atoms with E-state index in [9.17, 15) is 0 Å². The van der Waals surface area contributed by atoms with Gasteiger partial charge in [-0.2, -0.15) is 0 Å². The molecular formula is C15H23ClN2. The largest absolute Gasteiger partial charge is 0.320 e. The molecule has 2 rings (SSSR count). The molecule has 1 aromatic carbocycles. The minimum absolute atomic E-state index is 0.823. The zero-order valence-electron chi connectivity index (χ0n) is 11.2. The highest BCUT2D eigenvalue weighted by Gasteiger charge is 2.19. The Balaban J connectivity index is 1.83. The Bertz CT molecular complexity index is 350. The molecule has 1 aliphatic rings. The second-order valence-electron chi connectivity index (χ2n) is 5.26. The van der Waals surface area contributed by atoms with Gasteiger partial charge >= 0.3 is 0 Å². The van der Waals surface area contributed by atoms with Crippen LogP contribution in [-0.4, -0.2) is 31.6 Å². The van der Waals surface area contributed by atoms with Gasteiger partial charge in [-0.25, -0.2) is 0 Å². The molecule has 1 fully saturated rings. The number of nitrogens with zero attached hydrogens (tertiary/aromatic N) is 1. The van der Waals surface area contributed by atoms with Crippen molar-refractivity contribution in [3.05, 3.63) is 34.9 Å².